The number of amides is 1. The zero-order chi connectivity index (χ0) is 27.4. The molecule has 9 heteroatoms. The first-order chi connectivity index (χ1) is 19.0. The molecule has 1 N–H and O–H groups in total. The molecule has 0 aliphatic carbocycles. The lowest BCUT2D eigenvalue weighted by molar-refractivity contribution is 0.0804. The Morgan fingerprint density at radius 1 is 1.00 bits per heavy atom. The van der Waals surface area contributed by atoms with Crippen LogP contribution in [0.1, 0.15) is 55.6 Å². The van der Waals surface area contributed by atoms with Crippen molar-refractivity contribution < 1.29 is 9.21 Å². The molecule has 5 aromatic rings. The highest BCUT2D eigenvalue weighted by molar-refractivity contribution is 6.04. The molecular formula is C30H33N7O2. The Balaban J connectivity index is 1.47. The number of aromatic nitrogens is 5. The number of tetrazole rings is 1. The first-order valence-electron chi connectivity index (χ1n) is 13.4. The highest BCUT2D eigenvalue weighted by atomic mass is 16.4. The fourth-order valence-corrected chi connectivity index (χ4v) is 4.69. The summed E-state index contributed by atoms with van der Waals surface area (Å²) in [5, 5.41) is 14.6. The monoisotopic (exact) mass is 523 g/mol. The normalized spacial score (nSPS) is 12.0. The largest absolute Gasteiger partial charge is 0.423 e. The lowest BCUT2D eigenvalue weighted by atomic mass is 9.97. The van der Waals surface area contributed by atoms with E-state index in [-0.39, 0.29) is 11.9 Å². The van der Waals surface area contributed by atoms with Gasteiger partial charge in [0.25, 0.3) is 11.9 Å². The molecule has 0 radical (unpaired) electrons. The average molecular weight is 524 g/mol. The minimum atomic E-state index is -0.0622. The first-order valence-corrected chi connectivity index (χ1v) is 13.4. The van der Waals surface area contributed by atoms with E-state index in [0.717, 1.165) is 41.6 Å². The Hall–Kier alpha value is -4.53. The predicted molar refractivity (Wildman–Crippen MR) is 152 cm³/mol. The number of hydrogen-bond donors (Lipinski definition) is 1. The standard InChI is InChI=1S/C30H33N7O2/c1-5-7-19-37(30-31-27-25(29(38)36(4)6-2)13-10-14-26(27)39-30)20(3)21-15-17-22(18-16-21)23-11-8-9-12-24(23)28-32-34-35-33-28/h8-18,20H,5-7,19H2,1-4H3,(H,32,33,34,35)/t20-/m1/s1. The summed E-state index contributed by atoms with van der Waals surface area (Å²) in [6.45, 7) is 7.68. The van der Waals surface area contributed by atoms with Gasteiger partial charge in [0.1, 0.15) is 5.52 Å². The van der Waals surface area contributed by atoms with Gasteiger partial charge >= 0.3 is 0 Å². The minimum Gasteiger partial charge on any atom is -0.423 e. The number of carbonyl (C=O) groups is 1. The highest BCUT2D eigenvalue weighted by Crippen LogP contribution is 2.34. The summed E-state index contributed by atoms with van der Waals surface area (Å²) >= 11 is 0. The van der Waals surface area contributed by atoms with E-state index in [4.69, 9.17) is 9.40 Å². The molecule has 0 bridgehead atoms. The van der Waals surface area contributed by atoms with Gasteiger partial charge in [-0.25, -0.2) is 0 Å². The number of aromatic amines is 1. The van der Waals surface area contributed by atoms with Crippen molar-refractivity contribution >= 4 is 23.0 Å². The molecule has 9 nitrogen and oxygen atoms in total. The molecule has 0 aliphatic heterocycles. The molecular weight excluding hydrogens is 490 g/mol. The molecule has 2 aromatic heterocycles. The van der Waals surface area contributed by atoms with Crippen molar-refractivity contribution in [2.45, 2.75) is 39.7 Å². The fraction of sp³-hybridized carbons (Fsp3) is 0.300. The number of carbonyl (C=O) groups excluding carboxylic acids is 1. The van der Waals surface area contributed by atoms with Crippen molar-refractivity contribution in [2.24, 2.45) is 0 Å². The number of H-pyrrole nitrogens is 1. The predicted octanol–water partition coefficient (Wildman–Crippen LogP) is 6.13. The van der Waals surface area contributed by atoms with Gasteiger partial charge in [-0.3, -0.25) is 4.79 Å². The minimum absolute atomic E-state index is 0.00331. The maximum Gasteiger partial charge on any atom is 0.298 e. The molecule has 2 heterocycles. The van der Waals surface area contributed by atoms with E-state index in [0.29, 0.717) is 35.0 Å². The van der Waals surface area contributed by atoms with Gasteiger partial charge in [0.15, 0.2) is 5.58 Å². The van der Waals surface area contributed by atoms with E-state index in [1.807, 2.05) is 43.3 Å². The molecule has 1 amide bonds. The van der Waals surface area contributed by atoms with Crippen molar-refractivity contribution in [1.29, 1.82) is 0 Å². The van der Waals surface area contributed by atoms with Crippen molar-refractivity contribution in [1.82, 2.24) is 30.5 Å². The average Bonchev–Trinajstić information content (AvgIpc) is 3.67. The third-order valence-electron chi connectivity index (χ3n) is 7.14. The molecule has 200 valence electrons. The number of unbranched alkanes of at least 4 members (excludes halogenated alkanes) is 1. The van der Waals surface area contributed by atoms with Gasteiger partial charge < -0.3 is 14.2 Å². The van der Waals surface area contributed by atoms with E-state index in [9.17, 15) is 4.79 Å². The van der Waals surface area contributed by atoms with Crippen LogP contribution in [-0.2, 0) is 0 Å². The zero-order valence-electron chi connectivity index (χ0n) is 22.8. The number of oxazole rings is 1. The summed E-state index contributed by atoms with van der Waals surface area (Å²) < 4.78 is 6.25. The van der Waals surface area contributed by atoms with E-state index < -0.39 is 0 Å². The van der Waals surface area contributed by atoms with Crippen molar-refractivity contribution in [3.63, 3.8) is 0 Å². The molecule has 0 saturated carbocycles. The van der Waals surface area contributed by atoms with Crippen LogP contribution in [-0.4, -0.2) is 56.6 Å². The quantitative estimate of drug-likeness (QED) is 0.235. The second-order valence-electron chi connectivity index (χ2n) is 9.59. The van der Waals surface area contributed by atoms with Crippen LogP contribution in [0, 0.1) is 0 Å². The maximum absolute atomic E-state index is 13.0. The van der Waals surface area contributed by atoms with Gasteiger partial charge in [-0.1, -0.05) is 67.9 Å². The number of fused-ring (bicyclic) bond motifs is 1. The second kappa shape index (κ2) is 11.5. The van der Waals surface area contributed by atoms with E-state index in [1.54, 1.807) is 11.9 Å². The highest BCUT2D eigenvalue weighted by Gasteiger charge is 2.24. The number of nitrogens with zero attached hydrogens (tertiary/aromatic N) is 6. The molecule has 5 rings (SSSR count). The van der Waals surface area contributed by atoms with Crippen LogP contribution in [0.3, 0.4) is 0 Å². The Labute approximate surface area is 227 Å². The Morgan fingerprint density at radius 2 is 1.77 bits per heavy atom. The van der Waals surface area contributed by atoms with Gasteiger partial charge in [0, 0.05) is 25.7 Å². The van der Waals surface area contributed by atoms with Crippen molar-refractivity contribution in [2.75, 3.05) is 25.0 Å². The maximum atomic E-state index is 13.0. The first kappa shape index (κ1) is 26.1. The Morgan fingerprint density at radius 3 is 2.46 bits per heavy atom. The molecule has 0 unspecified atom stereocenters. The van der Waals surface area contributed by atoms with E-state index >= 15 is 0 Å². The summed E-state index contributed by atoms with van der Waals surface area (Å²) in [5.41, 5.74) is 5.92. The number of rotatable bonds is 10. The molecule has 1 atom stereocenters. The van der Waals surface area contributed by atoms with Gasteiger partial charge in [0.2, 0.25) is 5.82 Å². The van der Waals surface area contributed by atoms with Crippen LogP contribution >= 0.6 is 0 Å². The van der Waals surface area contributed by atoms with Crippen LogP contribution in [0.15, 0.2) is 71.1 Å². The lowest BCUT2D eigenvalue weighted by Gasteiger charge is -2.28. The van der Waals surface area contributed by atoms with Gasteiger partial charge in [-0.05, 0) is 54.3 Å². The van der Waals surface area contributed by atoms with E-state index in [1.165, 1.54) is 0 Å². The van der Waals surface area contributed by atoms with Crippen LogP contribution in [0.5, 0.6) is 0 Å². The number of para-hydroxylation sites is 1. The smallest absolute Gasteiger partial charge is 0.298 e. The number of nitrogens with one attached hydrogen (secondary N) is 1. The van der Waals surface area contributed by atoms with Crippen LogP contribution in [0.2, 0.25) is 0 Å². The van der Waals surface area contributed by atoms with E-state index in [2.05, 4.69) is 69.7 Å². The van der Waals surface area contributed by atoms with Crippen LogP contribution in [0.25, 0.3) is 33.6 Å². The summed E-state index contributed by atoms with van der Waals surface area (Å²) in [4.78, 5) is 21.7. The zero-order valence-corrected chi connectivity index (χ0v) is 22.8. The molecule has 39 heavy (non-hydrogen) atoms. The van der Waals surface area contributed by atoms with Gasteiger partial charge in [-0.15, -0.1) is 10.2 Å². The topological polar surface area (TPSA) is 104 Å². The second-order valence-corrected chi connectivity index (χ2v) is 9.59. The molecule has 0 aliphatic rings. The molecule has 0 saturated heterocycles. The summed E-state index contributed by atoms with van der Waals surface area (Å²) in [5.74, 6) is 0.500. The lowest BCUT2D eigenvalue weighted by Crippen LogP contribution is -2.28. The number of anilines is 1. The van der Waals surface area contributed by atoms with Crippen LogP contribution in [0.4, 0.5) is 6.01 Å². The van der Waals surface area contributed by atoms with Gasteiger partial charge in [-0.2, -0.15) is 10.2 Å². The third-order valence-corrected chi connectivity index (χ3v) is 7.14. The Kier molecular flexibility index (Phi) is 7.67. The van der Waals surface area contributed by atoms with Crippen molar-refractivity contribution in [3.05, 3.63) is 77.9 Å². The third kappa shape index (κ3) is 5.25. The molecule has 0 fully saturated rings. The number of benzene rings is 3. The van der Waals surface area contributed by atoms with Crippen molar-refractivity contribution in [3.8, 4) is 22.5 Å². The SMILES string of the molecule is CCCCN(c1nc2c(C(=O)N(C)CC)cccc2o1)[C@H](C)c1ccc(-c2ccccc2-c2nn[nH]n2)cc1. The molecule has 0 spiro atoms. The van der Waals surface area contributed by atoms with Crippen LogP contribution < -0.4 is 4.90 Å². The summed E-state index contributed by atoms with van der Waals surface area (Å²) in [7, 11) is 1.79. The number of hydrogen-bond acceptors (Lipinski definition) is 7. The van der Waals surface area contributed by atoms with Gasteiger partial charge in [0.05, 0.1) is 11.6 Å². The molecule has 3 aromatic carbocycles. The fourth-order valence-electron chi connectivity index (χ4n) is 4.69. The summed E-state index contributed by atoms with van der Waals surface area (Å²) in [6, 6.07) is 22.6. The summed E-state index contributed by atoms with van der Waals surface area (Å²) in [6.07, 6.45) is 2.03. The Bertz CT molecular complexity index is 1540.